The molecule has 186 valence electrons. The van der Waals surface area contributed by atoms with Gasteiger partial charge >= 0.3 is 0 Å². The summed E-state index contributed by atoms with van der Waals surface area (Å²) >= 11 is 7.48. The van der Waals surface area contributed by atoms with E-state index in [1.807, 2.05) is 13.8 Å². The molecule has 4 rings (SSSR count). The van der Waals surface area contributed by atoms with Gasteiger partial charge in [0.15, 0.2) is 16.1 Å². The highest BCUT2D eigenvalue weighted by Gasteiger charge is 2.33. The number of nitrogens with one attached hydrogen (secondary N) is 4. The Kier molecular flexibility index (Phi) is 8.07. The Morgan fingerprint density at radius 1 is 1.21 bits per heavy atom. The zero-order valence-electron chi connectivity index (χ0n) is 19.7. The number of hydrogen-bond donors (Lipinski definition) is 4. The van der Waals surface area contributed by atoms with Gasteiger partial charge in [-0.2, -0.15) is 0 Å². The first kappa shape index (κ1) is 24.9. The molecule has 0 spiro atoms. The topological polar surface area (TPSA) is 124 Å². The van der Waals surface area contributed by atoms with Crippen LogP contribution in [0.15, 0.2) is 0 Å². The monoisotopic (exact) mass is 509 g/mol. The van der Waals surface area contributed by atoms with Gasteiger partial charge in [-0.15, -0.1) is 0 Å². The summed E-state index contributed by atoms with van der Waals surface area (Å²) in [5.74, 6) is -0.148. The average molecular weight is 510 g/mol. The van der Waals surface area contributed by atoms with Crippen LogP contribution in [0.4, 0.5) is 5.13 Å². The van der Waals surface area contributed by atoms with Crippen LogP contribution in [0.25, 0.3) is 0 Å². The number of ether oxygens (including phenoxy) is 1. The maximum Gasteiger partial charge on any atom is 0.287 e. The number of thiazole rings is 1. The lowest BCUT2D eigenvalue weighted by Crippen LogP contribution is -2.55. The van der Waals surface area contributed by atoms with Gasteiger partial charge in [0.2, 0.25) is 0 Å². The highest BCUT2D eigenvalue weighted by atomic mass is 35.5. The molecule has 4 heterocycles. The zero-order chi connectivity index (χ0) is 24.2. The number of carbonyl (C=O) groups excluding carboxylic acids is 2. The Balaban J connectivity index is 1.38. The molecule has 0 aromatic carbocycles. The summed E-state index contributed by atoms with van der Waals surface area (Å²) in [6, 6.07) is 0.0276. The Hall–Kier alpha value is -2.21. The van der Waals surface area contributed by atoms with Crippen LogP contribution >= 0.6 is 22.9 Å². The number of amides is 2. The summed E-state index contributed by atoms with van der Waals surface area (Å²) in [4.78, 5) is 40.1. The quantitative estimate of drug-likeness (QED) is 0.449. The molecule has 2 fully saturated rings. The number of imidazole rings is 1. The van der Waals surface area contributed by atoms with Crippen molar-refractivity contribution in [2.75, 3.05) is 38.2 Å². The molecule has 0 bridgehead atoms. The first-order valence-electron chi connectivity index (χ1n) is 11.7. The zero-order valence-corrected chi connectivity index (χ0v) is 21.3. The predicted molar refractivity (Wildman–Crippen MR) is 132 cm³/mol. The summed E-state index contributed by atoms with van der Waals surface area (Å²) in [7, 11) is 1.64. The third-order valence-electron chi connectivity index (χ3n) is 6.41. The maximum absolute atomic E-state index is 12.8. The number of aryl methyl sites for hydroxylation is 2. The molecule has 12 heteroatoms. The molecular weight excluding hydrogens is 478 g/mol. The summed E-state index contributed by atoms with van der Waals surface area (Å²) in [6.45, 7) is 6.91. The van der Waals surface area contributed by atoms with Gasteiger partial charge in [0, 0.05) is 26.2 Å². The SMILES string of the molecule is CCc1[nH]c(C(=O)N[C@H]2CCN(c3nc(C)c(C(=O)NC4CCNCC4)s3)C[C@H]2OC)nc1Cl. The normalized spacial score (nSPS) is 21.5. The molecule has 2 amide bonds. The van der Waals surface area contributed by atoms with Gasteiger partial charge in [-0.05, 0) is 45.7 Å². The second-order valence-electron chi connectivity index (χ2n) is 8.71. The van der Waals surface area contributed by atoms with Gasteiger partial charge in [0.05, 0.1) is 23.5 Å². The third-order valence-corrected chi connectivity index (χ3v) is 7.94. The fourth-order valence-electron chi connectivity index (χ4n) is 4.41. The fourth-order valence-corrected chi connectivity index (χ4v) is 5.68. The Morgan fingerprint density at radius 2 is 1.97 bits per heavy atom. The number of hydrogen-bond acceptors (Lipinski definition) is 8. The van der Waals surface area contributed by atoms with Crippen LogP contribution in [0, 0.1) is 6.92 Å². The van der Waals surface area contributed by atoms with Crippen molar-refractivity contribution in [3.63, 3.8) is 0 Å². The molecule has 2 atom stereocenters. The lowest BCUT2D eigenvalue weighted by molar-refractivity contribution is 0.0538. The second kappa shape index (κ2) is 11.0. The first-order valence-corrected chi connectivity index (χ1v) is 12.9. The smallest absolute Gasteiger partial charge is 0.287 e. The predicted octanol–water partition coefficient (Wildman–Crippen LogP) is 1.90. The molecule has 2 aliphatic rings. The number of H-pyrrole nitrogens is 1. The number of anilines is 1. The lowest BCUT2D eigenvalue weighted by Gasteiger charge is -2.37. The number of rotatable bonds is 7. The van der Waals surface area contributed by atoms with E-state index in [1.165, 1.54) is 11.3 Å². The van der Waals surface area contributed by atoms with E-state index in [0.29, 0.717) is 36.0 Å². The van der Waals surface area contributed by atoms with Gasteiger partial charge in [-0.1, -0.05) is 29.9 Å². The molecule has 2 aromatic rings. The van der Waals surface area contributed by atoms with Crippen LogP contribution in [-0.4, -0.2) is 78.2 Å². The summed E-state index contributed by atoms with van der Waals surface area (Å²) in [6.07, 6.45) is 2.99. The van der Waals surface area contributed by atoms with Gasteiger partial charge < -0.3 is 30.6 Å². The molecule has 0 unspecified atom stereocenters. The minimum atomic E-state index is -0.302. The summed E-state index contributed by atoms with van der Waals surface area (Å²) in [5, 5.41) is 10.6. The van der Waals surface area contributed by atoms with Crippen molar-refractivity contribution < 1.29 is 14.3 Å². The van der Waals surface area contributed by atoms with E-state index in [1.54, 1.807) is 7.11 Å². The number of nitrogens with zero attached hydrogens (tertiary/aromatic N) is 3. The highest BCUT2D eigenvalue weighted by molar-refractivity contribution is 7.17. The molecule has 0 radical (unpaired) electrons. The molecule has 2 aliphatic heterocycles. The summed E-state index contributed by atoms with van der Waals surface area (Å²) in [5.41, 5.74) is 1.47. The number of aromatic amines is 1. The van der Waals surface area contributed by atoms with Crippen molar-refractivity contribution in [2.24, 2.45) is 0 Å². The van der Waals surface area contributed by atoms with Crippen molar-refractivity contribution in [1.82, 2.24) is 30.9 Å². The molecule has 2 saturated heterocycles. The van der Waals surface area contributed by atoms with Crippen molar-refractivity contribution >= 4 is 39.9 Å². The number of halogens is 1. The van der Waals surface area contributed by atoms with Crippen LogP contribution in [0.3, 0.4) is 0 Å². The van der Waals surface area contributed by atoms with Crippen molar-refractivity contribution in [3.05, 3.63) is 27.2 Å². The van der Waals surface area contributed by atoms with E-state index in [9.17, 15) is 9.59 Å². The lowest BCUT2D eigenvalue weighted by atomic mass is 10.0. The van der Waals surface area contributed by atoms with Crippen LogP contribution in [-0.2, 0) is 11.2 Å². The van der Waals surface area contributed by atoms with Gasteiger partial charge in [0.1, 0.15) is 4.88 Å². The van der Waals surface area contributed by atoms with Crippen LogP contribution in [0.5, 0.6) is 0 Å². The largest absolute Gasteiger partial charge is 0.377 e. The first-order chi connectivity index (χ1) is 16.4. The molecular formula is C22H32ClN7O3S. The molecule has 34 heavy (non-hydrogen) atoms. The van der Waals surface area contributed by atoms with E-state index in [2.05, 4.69) is 35.8 Å². The fraction of sp³-hybridized carbons (Fsp3) is 0.636. The Labute approximate surface area is 208 Å². The van der Waals surface area contributed by atoms with E-state index >= 15 is 0 Å². The van der Waals surface area contributed by atoms with Gasteiger partial charge in [0.25, 0.3) is 11.8 Å². The maximum atomic E-state index is 12.8. The average Bonchev–Trinajstić information content (AvgIpc) is 3.42. The molecule has 0 saturated carbocycles. The van der Waals surface area contributed by atoms with Crippen LogP contribution in [0.1, 0.15) is 57.9 Å². The van der Waals surface area contributed by atoms with E-state index < -0.39 is 0 Å². The number of aromatic nitrogens is 3. The van der Waals surface area contributed by atoms with E-state index in [0.717, 1.165) is 42.5 Å². The highest BCUT2D eigenvalue weighted by Crippen LogP contribution is 2.29. The van der Waals surface area contributed by atoms with Crippen molar-refractivity contribution in [3.8, 4) is 0 Å². The minimum Gasteiger partial charge on any atom is -0.377 e. The van der Waals surface area contributed by atoms with Crippen molar-refractivity contribution in [2.45, 2.75) is 57.7 Å². The van der Waals surface area contributed by atoms with Crippen molar-refractivity contribution in [1.29, 1.82) is 0 Å². The molecule has 0 aliphatic carbocycles. The number of piperidine rings is 2. The van der Waals surface area contributed by atoms with E-state index in [-0.39, 0.29) is 35.8 Å². The van der Waals surface area contributed by atoms with E-state index in [4.69, 9.17) is 16.3 Å². The number of methoxy groups -OCH3 is 1. The van der Waals surface area contributed by atoms with Gasteiger partial charge in [-0.3, -0.25) is 9.59 Å². The van der Waals surface area contributed by atoms with Gasteiger partial charge in [-0.25, -0.2) is 9.97 Å². The van der Waals surface area contributed by atoms with Crippen LogP contribution in [0.2, 0.25) is 5.15 Å². The molecule has 2 aromatic heterocycles. The summed E-state index contributed by atoms with van der Waals surface area (Å²) < 4.78 is 5.71. The molecule has 10 nitrogen and oxygen atoms in total. The number of carbonyl (C=O) groups is 2. The second-order valence-corrected chi connectivity index (χ2v) is 10.0. The Morgan fingerprint density at radius 3 is 2.65 bits per heavy atom. The molecule has 4 N–H and O–H groups in total. The minimum absolute atomic E-state index is 0.0536. The third kappa shape index (κ3) is 5.54. The standard InChI is InChI=1S/C22H32ClN7O3S/c1-4-14-18(23)29-19(27-14)21(32)28-15-7-10-30(11-16(15)33-3)22-25-12(2)17(34-22)20(31)26-13-5-8-24-9-6-13/h13,15-16,24H,4-11H2,1-3H3,(H,26,31)(H,27,29)(H,28,32)/t15-,16+/m0/s1. The van der Waals surface area contributed by atoms with Crippen LogP contribution < -0.4 is 20.9 Å². The Bertz CT molecular complexity index is 1020.